The molecule has 0 saturated heterocycles. The van der Waals surface area contributed by atoms with Crippen LogP contribution in [-0.2, 0) is 6.42 Å². The van der Waals surface area contributed by atoms with Gasteiger partial charge in [0.1, 0.15) is 0 Å². The average Bonchev–Trinajstić information content (AvgIpc) is 2.25. The fourth-order valence-electron chi connectivity index (χ4n) is 1.40. The van der Waals surface area contributed by atoms with Gasteiger partial charge in [0.05, 0.1) is 0 Å². The van der Waals surface area contributed by atoms with Gasteiger partial charge in [-0.15, -0.1) is 6.42 Å². The van der Waals surface area contributed by atoms with Gasteiger partial charge >= 0.3 is 0 Å². The number of rotatable bonds is 4. The summed E-state index contributed by atoms with van der Waals surface area (Å²) in [5.41, 5.74) is 1.75. The van der Waals surface area contributed by atoms with Crippen molar-refractivity contribution in [3.8, 4) is 12.3 Å². The lowest BCUT2D eigenvalue weighted by molar-refractivity contribution is 0.105. The van der Waals surface area contributed by atoms with Gasteiger partial charge in [0.25, 0.3) is 0 Å². The summed E-state index contributed by atoms with van der Waals surface area (Å²) >= 11 is 0. The lowest BCUT2D eigenvalue weighted by atomic mass is 9.99. The second-order valence-electron chi connectivity index (χ2n) is 3.23. The van der Waals surface area contributed by atoms with Crippen molar-refractivity contribution in [2.45, 2.75) is 26.2 Å². The van der Waals surface area contributed by atoms with E-state index in [1.807, 2.05) is 18.2 Å². The Kier molecular flexibility index (Phi) is 3.94. The monoisotopic (exact) mass is 186 g/mol. The SMILES string of the molecule is C#CC(=O)c1ccccc1CCCC. The maximum atomic E-state index is 11.4. The standard InChI is InChI=1S/C13H14O/c1-3-5-8-11-9-6-7-10-12(11)13(14)4-2/h2,6-7,9-10H,3,5,8H2,1H3. The zero-order valence-corrected chi connectivity index (χ0v) is 8.42. The molecule has 0 aliphatic rings. The molecule has 0 bridgehead atoms. The molecule has 1 heteroatoms. The van der Waals surface area contributed by atoms with Gasteiger partial charge < -0.3 is 0 Å². The van der Waals surface area contributed by atoms with Gasteiger partial charge in [-0.3, -0.25) is 4.79 Å². The molecule has 1 rings (SSSR count). The third-order valence-corrected chi connectivity index (χ3v) is 2.19. The summed E-state index contributed by atoms with van der Waals surface area (Å²) in [5.74, 6) is 1.95. The number of terminal acetylenes is 1. The highest BCUT2D eigenvalue weighted by molar-refractivity contribution is 6.09. The molecule has 0 aliphatic carbocycles. The normalized spacial score (nSPS) is 9.43. The molecule has 0 fully saturated rings. The van der Waals surface area contributed by atoms with Crippen LogP contribution in [0.15, 0.2) is 24.3 Å². The van der Waals surface area contributed by atoms with E-state index >= 15 is 0 Å². The fraction of sp³-hybridized carbons (Fsp3) is 0.308. The van der Waals surface area contributed by atoms with Gasteiger partial charge in [-0.05, 0) is 24.3 Å². The van der Waals surface area contributed by atoms with Crippen molar-refractivity contribution in [3.63, 3.8) is 0 Å². The van der Waals surface area contributed by atoms with Crippen LogP contribution in [0.4, 0.5) is 0 Å². The Morgan fingerprint density at radius 3 is 2.79 bits per heavy atom. The predicted molar refractivity (Wildman–Crippen MR) is 58.2 cm³/mol. The topological polar surface area (TPSA) is 17.1 Å². The summed E-state index contributed by atoms with van der Waals surface area (Å²) in [6, 6.07) is 7.56. The molecule has 0 amide bonds. The highest BCUT2D eigenvalue weighted by atomic mass is 16.1. The number of benzene rings is 1. The molecular formula is C13H14O. The molecule has 1 nitrogen and oxygen atoms in total. The molecule has 0 atom stereocenters. The van der Waals surface area contributed by atoms with E-state index in [1.54, 1.807) is 6.07 Å². The molecule has 0 aromatic heterocycles. The largest absolute Gasteiger partial charge is 0.279 e. The van der Waals surface area contributed by atoms with Crippen molar-refractivity contribution >= 4 is 5.78 Å². The number of Topliss-reactive ketones (excluding diaryl/α,β-unsaturated/α-hetero) is 1. The first kappa shape index (κ1) is 10.5. The summed E-state index contributed by atoms with van der Waals surface area (Å²) in [6.45, 7) is 2.13. The Bertz CT molecular complexity index is 358. The van der Waals surface area contributed by atoms with E-state index in [9.17, 15) is 4.79 Å². The molecule has 1 aromatic rings. The van der Waals surface area contributed by atoms with Crippen LogP contribution in [0.1, 0.15) is 35.7 Å². The fourth-order valence-corrected chi connectivity index (χ4v) is 1.40. The number of ketones is 1. The van der Waals surface area contributed by atoms with Crippen LogP contribution >= 0.6 is 0 Å². The van der Waals surface area contributed by atoms with Crippen LogP contribution in [0, 0.1) is 12.3 Å². The molecule has 0 spiro atoms. The number of aryl methyl sites for hydroxylation is 1. The number of carbonyl (C=O) groups is 1. The Labute approximate surface area is 85.1 Å². The van der Waals surface area contributed by atoms with Crippen molar-refractivity contribution in [2.75, 3.05) is 0 Å². The lowest BCUT2D eigenvalue weighted by Gasteiger charge is -2.04. The van der Waals surface area contributed by atoms with E-state index in [1.165, 1.54) is 0 Å². The number of unbranched alkanes of at least 4 members (excludes halogenated alkanes) is 1. The van der Waals surface area contributed by atoms with Crippen LogP contribution in [-0.4, -0.2) is 5.78 Å². The molecule has 0 radical (unpaired) electrons. The smallest absolute Gasteiger partial charge is 0.235 e. The summed E-state index contributed by atoms with van der Waals surface area (Å²) in [5, 5.41) is 0. The van der Waals surface area contributed by atoms with Crippen LogP contribution in [0.25, 0.3) is 0 Å². The lowest BCUT2D eigenvalue weighted by Crippen LogP contribution is -2.00. The van der Waals surface area contributed by atoms with Crippen molar-refractivity contribution in [1.29, 1.82) is 0 Å². The first-order valence-corrected chi connectivity index (χ1v) is 4.88. The van der Waals surface area contributed by atoms with Crippen molar-refractivity contribution in [1.82, 2.24) is 0 Å². The van der Waals surface area contributed by atoms with Gasteiger partial charge in [0.2, 0.25) is 5.78 Å². The first-order valence-electron chi connectivity index (χ1n) is 4.88. The minimum absolute atomic E-state index is 0.211. The summed E-state index contributed by atoms with van der Waals surface area (Å²) in [6.07, 6.45) is 8.25. The Morgan fingerprint density at radius 2 is 2.14 bits per heavy atom. The first-order chi connectivity index (χ1) is 6.79. The minimum atomic E-state index is -0.211. The minimum Gasteiger partial charge on any atom is -0.279 e. The molecule has 72 valence electrons. The zero-order chi connectivity index (χ0) is 10.4. The maximum Gasteiger partial charge on any atom is 0.235 e. The molecule has 0 saturated carbocycles. The van der Waals surface area contributed by atoms with Gasteiger partial charge in [0.15, 0.2) is 0 Å². The van der Waals surface area contributed by atoms with E-state index in [-0.39, 0.29) is 5.78 Å². The van der Waals surface area contributed by atoms with Crippen molar-refractivity contribution in [3.05, 3.63) is 35.4 Å². The molecular weight excluding hydrogens is 172 g/mol. The van der Waals surface area contributed by atoms with E-state index in [0.29, 0.717) is 5.56 Å². The Morgan fingerprint density at radius 1 is 1.43 bits per heavy atom. The second kappa shape index (κ2) is 5.24. The van der Waals surface area contributed by atoms with Gasteiger partial charge in [-0.25, -0.2) is 0 Å². The Hall–Kier alpha value is -1.55. The molecule has 14 heavy (non-hydrogen) atoms. The van der Waals surface area contributed by atoms with E-state index in [2.05, 4.69) is 12.8 Å². The second-order valence-corrected chi connectivity index (χ2v) is 3.23. The number of carbonyl (C=O) groups excluding carboxylic acids is 1. The van der Waals surface area contributed by atoms with Crippen LogP contribution in [0.2, 0.25) is 0 Å². The zero-order valence-electron chi connectivity index (χ0n) is 8.42. The van der Waals surface area contributed by atoms with Crippen LogP contribution in [0.3, 0.4) is 0 Å². The van der Waals surface area contributed by atoms with Crippen LogP contribution in [0.5, 0.6) is 0 Å². The highest BCUT2D eigenvalue weighted by Crippen LogP contribution is 2.12. The van der Waals surface area contributed by atoms with Gasteiger partial charge in [0, 0.05) is 5.56 Å². The summed E-state index contributed by atoms with van der Waals surface area (Å²) < 4.78 is 0. The quantitative estimate of drug-likeness (QED) is 0.401. The summed E-state index contributed by atoms with van der Waals surface area (Å²) in [4.78, 5) is 11.4. The highest BCUT2D eigenvalue weighted by Gasteiger charge is 2.06. The van der Waals surface area contributed by atoms with Gasteiger partial charge in [-0.1, -0.05) is 37.6 Å². The predicted octanol–water partition coefficient (Wildman–Crippen LogP) is 2.85. The maximum absolute atomic E-state index is 11.4. The van der Waals surface area contributed by atoms with E-state index < -0.39 is 0 Å². The third-order valence-electron chi connectivity index (χ3n) is 2.19. The molecule has 1 aromatic carbocycles. The third kappa shape index (κ3) is 2.47. The van der Waals surface area contributed by atoms with Crippen molar-refractivity contribution in [2.24, 2.45) is 0 Å². The molecule has 0 unspecified atom stereocenters. The number of hydrogen-bond donors (Lipinski definition) is 0. The van der Waals surface area contributed by atoms with Gasteiger partial charge in [-0.2, -0.15) is 0 Å². The van der Waals surface area contributed by atoms with E-state index in [4.69, 9.17) is 6.42 Å². The number of hydrogen-bond acceptors (Lipinski definition) is 1. The molecule has 0 aliphatic heterocycles. The average molecular weight is 186 g/mol. The van der Waals surface area contributed by atoms with Crippen LogP contribution < -0.4 is 0 Å². The van der Waals surface area contributed by atoms with E-state index in [0.717, 1.165) is 24.8 Å². The molecule has 0 heterocycles. The van der Waals surface area contributed by atoms with Crippen molar-refractivity contribution < 1.29 is 4.79 Å². The Balaban J connectivity index is 2.92. The summed E-state index contributed by atoms with van der Waals surface area (Å²) in [7, 11) is 0. The molecule has 0 N–H and O–H groups in total.